The maximum Gasteiger partial charge on any atom is 0.291 e. The van der Waals surface area contributed by atoms with Gasteiger partial charge in [0.15, 0.2) is 5.76 Å². The average Bonchev–Trinajstić information content (AvgIpc) is 3.38. The molecule has 0 atom stereocenters. The normalized spacial score (nSPS) is 12.4. The molecule has 0 spiro atoms. The van der Waals surface area contributed by atoms with Crippen LogP contribution in [0, 0.1) is 0 Å². The molecule has 30 heavy (non-hydrogen) atoms. The van der Waals surface area contributed by atoms with E-state index in [1.54, 1.807) is 50.3 Å². The summed E-state index contributed by atoms with van der Waals surface area (Å²) in [5, 5.41) is 4.38. The van der Waals surface area contributed by atoms with Gasteiger partial charge in [-0.3, -0.25) is 4.79 Å². The molecule has 10 heteroatoms. The second-order valence-electron chi connectivity index (χ2n) is 7.72. The Balaban J connectivity index is 1.53. The molecule has 0 saturated heterocycles. The number of anilines is 1. The van der Waals surface area contributed by atoms with Crippen molar-refractivity contribution < 1.29 is 17.6 Å². The number of aromatic amines is 1. The first-order valence-corrected chi connectivity index (χ1v) is 11.5. The minimum absolute atomic E-state index is 0.103. The Morgan fingerprint density at radius 3 is 2.67 bits per heavy atom. The molecular weight excluding hydrogens is 424 g/mol. The van der Waals surface area contributed by atoms with Gasteiger partial charge in [-0.25, -0.2) is 18.1 Å². The van der Waals surface area contributed by atoms with Crippen molar-refractivity contribution in [2.45, 2.75) is 31.4 Å². The third-order valence-corrected chi connectivity index (χ3v) is 6.51. The number of thiophene rings is 1. The summed E-state index contributed by atoms with van der Waals surface area (Å²) in [7, 11) is -3.86. The van der Waals surface area contributed by atoms with Crippen LogP contribution in [0.2, 0.25) is 0 Å². The predicted molar refractivity (Wildman–Crippen MR) is 116 cm³/mol. The van der Waals surface area contributed by atoms with Crippen LogP contribution < -0.4 is 10.0 Å². The standard InChI is InChI=1S/C20H20N4O4S2/c1-20(2,3)24-30(26,27)17-9-8-15(28-17)19(25)21-12-6-7-13-14(11-12)23-18(22-13)16-5-4-10-29-16/h4-11,24H,1-3H3,(H,21,25)(H,22,23). The SMILES string of the molecule is CC(C)(C)NS(=O)(=O)c1ccc(C(=O)Nc2ccc3nc(-c4cccs4)[nH]c3c2)o1. The molecule has 0 unspecified atom stereocenters. The molecule has 8 nitrogen and oxygen atoms in total. The first-order valence-electron chi connectivity index (χ1n) is 9.10. The number of hydrogen-bond donors (Lipinski definition) is 3. The number of furan rings is 1. The topological polar surface area (TPSA) is 117 Å². The van der Waals surface area contributed by atoms with Gasteiger partial charge in [0.05, 0.1) is 15.9 Å². The number of H-pyrrole nitrogens is 1. The molecule has 3 heterocycles. The van der Waals surface area contributed by atoms with Crippen LogP contribution in [0.25, 0.3) is 21.7 Å². The molecule has 0 aliphatic carbocycles. The first kappa shape index (κ1) is 20.3. The van der Waals surface area contributed by atoms with Crippen molar-refractivity contribution in [3.63, 3.8) is 0 Å². The van der Waals surface area contributed by atoms with Gasteiger partial charge in [0.25, 0.3) is 15.9 Å². The average molecular weight is 445 g/mol. The summed E-state index contributed by atoms with van der Waals surface area (Å²) in [5.41, 5.74) is 1.40. The fourth-order valence-electron chi connectivity index (χ4n) is 2.85. The number of hydrogen-bond acceptors (Lipinski definition) is 6. The zero-order valence-corrected chi connectivity index (χ0v) is 18.1. The Labute approximate surface area is 177 Å². The number of carbonyl (C=O) groups excluding carboxylic acids is 1. The summed E-state index contributed by atoms with van der Waals surface area (Å²) in [6, 6.07) is 11.8. The molecule has 3 N–H and O–H groups in total. The van der Waals surface area contributed by atoms with Crippen LogP contribution in [-0.2, 0) is 10.0 Å². The smallest absolute Gasteiger partial charge is 0.291 e. The highest BCUT2D eigenvalue weighted by Gasteiger charge is 2.26. The van der Waals surface area contributed by atoms with Gasteiger partial charge in [0, 0.05) is 11.2 Å². The quantitative estimate of drug-likeness (QED) is 0.426. The number of nitrogens with zero attached hydrogens (tertiary/aromatic N) is 1. The Morgan fingerprint density at radius 2 is 1.97 bits per heavy atom. The second kappa shape index (κ2) is 7.38. The van der Waals surface area contributed by atoms with Crippen LogP contribution in [0.1, 0.15) is 31.3 Å². The number of benzene rings is 1. The van der Waals surface area contributed by atoms with Gasteiger partial charge in [-0.05, 0) is 62.5 Å². The van der Waals surface area contributed by atoms with Gasteiger partial charge < -0.3 is 14.7 Å². The van der Waals surface area contributed by atoms with Crippen LogP contribution in [0.3, 0.4) is 0 Å². The summed E-state index contributed by atoms with van der Waals surface area (Å²) in [5.74, 6) is 0.105. The Hall–Kier alpha value is -2.95. The third kappa shape index (κ3) is 4.30. The number of amides is 1. The van der Waals surface area contributed by atoms with Crippen molar-refractivity contribution in [1.82, 2.24) is 14.7 Å². The van der Waals surface area contributed by atoms with Gasteiger partial charge in [-0.1, -0.05) is 6.07 Å². The van der Waals surface area contributed by atoms with E-state index in [0.717, 1.165) is 21.7 Å². The van der Waals surface area contributed by atoms with Gasteiger partial charge in [-0.2, -0.15) is 0 Å². The minimum atomic E-state index is -3.86. The Kier molecular flexibility index (Phi) is 5.00. The van der Waals surface area contributed by atoms with E-state index in [1.165, 1.54) is 12.1 Å². The lowest BCUT2D eigenvalue weighted by Crippen LogP contribution is -2.40. The molecule has 0 fully saturated rings. The van der Waals surface area contributed by atoms with Crippen LogP contribution in [0.5, 0.6) is 0 Å². The molecule has 3 aromatic heterocycles. The molecule has 0 saturated carbocycles. The number of rotatable bonds is 5. The summed E-state index contributed by atoms with van der Waals surface area (Å²) in [4.78, 5) is 21.3. The molecule has 0 radical (unpaired) electrons. The fraction of sp³-hybridized carbons (Fsp3) is 0.200. The molecule has 1 aromatic carbocycles. The lowest BCUT2D eigenvalue weighted by Gasteiger charge is -2.18. The first-order chi connectivity index (χ1) is 14.1. The minimum Gasteiger partial charge on any atom is -0.438 e. The van der Waals surface area contributed by atoms with Crippen LogP contribution in [0.4, 0.5) is 5.69 Å². The molecular formula is C20H20N4O4S2. The maximum atomic E-state index is 12.5. The Bertz CT molecular complexity index is 1310. The highest BCUT2D eigenvalue weighted by molar-refractivity contribution is 7.89. The monoisotopic (exact) mass is 444 g/mol. The molecule has 4 aromatic rings. The summed E-state index contributed by atoms with van der Waals surface area (Å²) in [6.45, 7) is 5.16. The molecule has 0 bridgehead atoms. The van der Waals surface area contributed by atoms with Crippen molar-refractivity contribution >= 4 is 44.0 Å². The van der Waals surface area contributed by atoms with Crippen LogP contribution >= 0.6 is 11.3 Å². The lowest BCUT2D eigenvalue weighted by molar-refractivity contribution is 0.0991. The zero-order chi connectivity index (χ0) is 21.5. The highest BCUT2D eigenvalue weighted by Crippen LogP contribution is 2.26. The van der Waals surface area contributed by atoms with E-state index < -0.39 is 21.5 Å². The van der Waals surface area contributed by atoms with E-state index in [4.69, 9.17) is 4.42 Å². The van der Waals surface area contributed by atoms with E-state index in [9.17, 15) is 13.2 Å². The molecule has 1 amide bonds. The van der Waals surface area contributed by atoms with E-state index in [0.29, 0.717) is 5.69 Å². The van der Waals surface area contributed by atoms with Gasteiger partial charge in [-0.15, -0.1) is 11.3 Å². The van der Waals surface area contributed by atoms with Gasteiger partial charge in [0.1, 0.15) is 5.82 Å². The third-order valence-electron chi connectivity index (χ3n) is 4.00. The second-order valence-corrected chi connectivity index (χ2v) is 10.3. The van der Waals surface area contributed by atoms with Crippen molar-refractivity contribution in [3.8, 4) is 10.7 Å². The summed E-state index contributed by atoms with van der Waals surface area (Å²) in [6.07, 6.45) is 0. The predicted octanol–water partition coefficient (Wildman–Crippen LogP) is 4.21. The number of fused-ring (bicyclic) bond motifs is 1. The summed E-state index contributed by atoms with van der Waals surface area (Å²) < 4.78 is 32.5. The van der Waals surface area contributed by atoms with Crippen molar-refractivity contribution in [1.29, 1.82) is 0 Å². The van der Waals surface area contributed by atoms with E-state index >= 15 is 0 Å². The van der Waals surface area contributed by atoms with E-state index in [2.05, 4.69) is 20.0 Å². The lowest BCUT2D eigenvalue weighted by atomic mass is 10.1. The fourth-order valence-corrected chi connectivity index (χ4v) is 4.87. The number of sulfonamides is 1. The van der Waals surface area contributed by atoms with Gasteiger partial charge in [0.2, 0.25) is 5.09 Å². The summed E-state index contributed by atoms with van der Waals surface area (Å²) >= 11 is 1.58. The number of aromatic nitrogens is 2. The highest BCUT2D eigenvalue weighted by atomic mass is 32.2. The maximum absolute atomic E-state index is 12.5. The zero-order valence-electron chi connectivity index (χ0n) is 16.5. The van der Waals surface area contributed by atoms with Crippen LogP contribution in [0.15, 0.2) is 57.4 Å². The van der Waals surface area contributed by atoms with Crippen LogP contribution in [-0.4, -0.2) is 29.8 Å². The number of carbonyl (C=O) groups is 1. The van der Waals surface area contributed by atoms with Gasteiger partial charge >= 0.3 is 0 Å². The van der Waals surface area contributed by atoms with Crippen molar-refractivity contribution in [3.05, 3.63) is 53.6 Å². The van der Waals surface area contributed by atoms with E-state index in [1.807, 2.05) is 17.5 Å². The molecule has 0 aliphatic heterocycles. The molecule has 0 aliphatic rings. The van der Waals surface area contributed by atoms with Crippen molar-refractivity contribution in [2.24, 2.45) is 0 Å². The van der Waals surface area contributed by atoms with Crippen molar-refractivity contribution in [2.75, 3.05) is 5.32 Å². The number of nitrogens with one attached hydrogen (secondary N) is 3. The van der Waals surface area contributed by atoms with E-state index in [-0.39, 0.29) is 10.9 Å². The molecule has 4 rings (SSSR count). The largest absolute Gasteiger partial charge is 0.438 e. The molecule has 156 valence electrons. The Morgan fingerprint density at radius 1 is 1.17 bits per heavy atom. The number of imidazole rings is 1.